The van der Waals surface area contributed by atoms with Gasteiger partial charge in [0.1, 0.15) is 17.6 Å². The second kappa shape index (κ2) is 8.92. The summed E-state index contributed by atoms with van der Waals surface area (Å²) in [5.74, 6) is -1.66. The fourth-order valence-electron chi connectivity index (χ4n) is 4.06. The zero-order chi connectivity index (χ0) is 24.7. The fraction of sp³-hybridized carbons (Fsp3) is 0.609. The van der Waals surface area contributed by atoms with Crippen molar-refractivity contribution in [2.45, 2.75) is 71.4 Å². The average Bonchev–Trinajstić information content (AvgIpc) is 3.11. The maximum Gasteiger partial charge on any atom is 0.255 e. The topological polar surface area (TPSA) is 102 Å². The first-order valence-corrected chi connectivity index (χ1v) is 11.4. The number of anilines is 1. The Kier molecular flexibility index (Phi) is 6.30. The zero-order valence-electron chi connectivity index (χ0n) is 19.8. The molecule has 1 saturated carbocycles. The Balaban J connectivity index is 1.52. The summed E-state index contributed by atoms with van der Waals surface area (Å²) < 4.78 is 34.5. The molecule has 11 heteroatoms. The lowest BCUT2D eigenvalue weighted by Crippen LogP contribution is -2.58. The molecule has 2 aliphatic rings. The fourth-order valence-corrected chi connectivity index (χ4v) is 4.06. The van der Waals surface area contributed by atoms with Gasteiger partial charge in [0.15, 0.2) is 6.29 Å². The van der Waals surface area contributed by atoms with Gasteiger partial charge in [-0.25, -0.2) is 13.5 Å². The third-order valence-electron chi connectivity index (χ3n) is 6.08. The van der Waals surface area contributed by atoms with Crippen LogP contribution in [0.5, 0.6) is 5.88 Å². The molecule has 2 aromatic heterocycles. The number of ether oxygens (including phenoxy) is 1. The molecule has 0 radical (unpaired) electrons. The maximum absolute atomic E-state index is 13.5. The number of rotatable bonds is 6. The summed E-state index contributed by atoms with van der Waals surface area (Å²) in [6.45, 7) is 8.28. The van der Waals surface area contributed by atoms with Gasteiger partial charge in [0.2, 0.25) is 17.7 Å². The summed E-state index contributed by atoms with van der Waals surface area (Å²) in [6.07, 6.45) is 2.37. The minimum Gasteiger partial charge on any atom is -0.470 e. The molecule has 0 aromatic carbocycles. The van der Waals surface area contributed by atoms with Crippen molar-refractivity contribution in [1.82, 2.24) is 24.6 Å². The summed E-state index contributed by atoms with van der Waals surface area (Å²) in [5.41, 5.74) is 0.480. The van der Waals surface area contributed by atoms with Crippen molar-refractivity contribution in [3.8, 4) is 11.8 Å². The SMILES string of the molecule is Cc1cn(-c2nc(NC3CCC(F)(F)CC3)cc(OC3CN(C(=O)C(C)(C)C)C3)n2)nc1C=O. The first-order valence-electron chi connectivity index (χ1n) is 11.4. The summed E-state index contributed by atoms with van der Waals surface area (Å²) in [5, 5.41) is 7.43. The van der Waals surface area contributed by atoms with Crippen LogP contribution in [0.2, 0.25) is 0 Å². The molecule has 0 spiro atoms. The molecule has 4 rings (SSSR count). The third kappa shape index (κ3) is 5.34. The van der Waals surface area contributed by atoms with Crippen LogP contribution in [-0.2, 0) is 4.79 Å². The monoisotopic (exact) mass is 476 g/mol. The van der Waals surface area contributed by atoms with Gasteiger partial charge in [0.25, 0.3) is 5.95 Å². The minimum absolute atomic E-state index is 0.0561. The van der Waals surface area contributed by atoms with Crippen LogP contribution in [0.3, 0.4) is 0 Å². The normalized spacial score (nSPS) is 18.9. The smallest absolute Gasteiger partial charge is 0.255 e. The first kappa shape index (κ1) is 24.0. The molecular weight excluding hydrogens is 446 g/mol. The summed E-state index contributed by atoms with van der Waals surface area (Å²) in [6, 6.07) is 1.48. The van der Waals surface area contributed by atoms with E-state index < -0.39 is 11.3 Å². The number of hydrogen-bond acceptors (Lipinski definition) is 7. The number of aryl methyl sites for hydroxylation is 1. The number of alkyl halides is 2. The molecular formula is C23H30F2N6O3. The molecule has 0 unspecified atom stereocenters. The van der Waals surface area contributed by atoms with Crippen LogP contribution in [0.15, 0.2) is 12.3 Å². The number of amides is 1. The van der Waals surface area contributed by atoms with E-state index in [1.165, 1.54) is 4.68 Å². The lowest BCUT2D eigenvalue weighted by atomic mass is 9.92. The second-order valence-electron chi connectivity index (χ2n) is 10.1. The van der Waals surface area contributed by atoms with Crippen LogP contribution < -0.4 is 10.1 Å². The van der Waals surface area contributed by atoms with E-state index in [1.807, 2.05) is 20.8 Å². The van der Waals surface area contributed by atoms with E-state index in [0.717, 1.165) is 0 Å². The Hall–Kier alpha value is -3.11. The maximum atomic E-state index is 13.5. The predicted molar refractivity (Wildman–Crippen MR) is 121 cm³/mol. The van der Waals surface area contributed by atoms with Crippen LogP contribution in [0.25, 0.3) is 5.95 Å². The Morgan fingerprint density at radius 3 is 2.50 bits per heavy atom. The Morgan fingerprint density at radius 2 is 1.91 bits per heavy atom. The lowest BCUT2D eigenvalue weighted by molar-refractivity contribution is -0.148. The molecule has 184 valence electrons. The molecule has 1 aliphatic carbocycles. The number of aromatic nitrogens is 4. The number of nitrogens with zero attached hydrogens (tertiary/aromatic N) is 5. The Morgan fingerprint density at radius 1 is 1.24 bits per heavy atom. The van der Waals surface area contributed by atoms with Gasteiger partial charge in [0, 0.05) is 36.6 Å². The molecule has 2 aromatic rings. The lowest BCUT2D eigenvalue weighted by Gasteiger charge is -2.41. The molecule has 1 saturated heterocycles. The van der Waals surface area contributed by atoms with Crippen molar-refractivity contribution in [3.63, 3.8) is 0 Å². The van der Waals surface area contributed by atoms with Crippen molar-refractivity contribution in [3.05, 3.63) is 23.5 Å². The molecule has 2 fully saturated rings. The van der Waals surface area contributed by atoms with E-state index in [0.29, 0.717) is 43.6 Å². The standard InChI is InChI=1S/C23H30F2N6O3/c1-14-10-31(29-17(14)13-32)21-27-18(26-15-5-7-23(24,25)8-6-15)9-19(28-21)34-16-11-30(12-16)20(33)22(2,3)4/h9-10,13,15-16H,5-8,11-12H2,1-4H3,(H,26,27,28). The highest BCUT2D eigenvalue weighted by Gasteiger charge is 2.38. The van der Waals surface area contributed by atoms with Gasteiger partial charge < -0.3 is 15.0 Å². The van der Waals surface area contributed by atoms with Crippen LogP contribution in [0, 0.1) is 12.3 Å². The third-order valence-corrected chi connectivity index (χ3v) is 6.08. The van der Waals surface area contributed by atoms with Crippen LogP contribution in [0.1, 0.15) is 62.5 Å². The highest BCUT2D eigenvalue weighted by atomic mass is 19.3. The van der Waals surface area contributed by atoms with Crippen molar-refractivity contribution in [2.75, 3.05) is 18.4 Å². The Bertz CT molecular complexity index is 1070. The summed E-state index contributed by atoms with van der Waals surface area (Å²) in [4.78, 5) is 34.3. The van der Waals surface area contributed by atoms with Gasteiger partial charge in [-0.3, -0.25) is 9.59 Å². The van der Waals surface area contributed by atoms with Gasteiger partial charge in [-0.1, -0.05) is 20.8 Å². The summed E-state index contributed by atoms with van der Waals surface area (Å²) in [7, 11) is 0. The molecule has 1 aliphatic heterocycles. The van der Waals surface area contributed by atoms with Gasteiger partial charge >= 0.3 is 0 Å². The number of carbonyl (C=O) groups is 2. The number of carbonyl (C=O) groups excluding carboxylic acids is 2. The average molecular weight is 477 g/mol. The van der Waals surface area contributed by atoms with Gasteiger partial charge in [-0.15, -0.1) is 0 Å². The summed E-state index contributed by atoms with van der Waals surface area (Å²) >= 11 is 0. The van der Waals surface area contributed by atoms with Crippen LogP contribution in [-0.4, -0.2) is 68.0 Å². The van der Waals surface area contributed by atoms with Crippen molar-refractivity contribution >= 4 is 18.0 Å². The molecule has 0 bridgehead atoms. The molecule has 0 atom stereocenters. The van der Waals surface area contributed by atoms with Crippen molar-refractivity contribution in [2.24, 2.45) is 5.41 Å². The van der Waals surface area contributed by atoms with Crippen LogP contribution in [0.4, 0.5) is 14.6 Å². The Labute approximate surface area is 196 Å². The van der Waals surface area contributed by atoms with E-state index in [1.54, 1.807) is 24.1 Å². The molecule has 9 nitrogen and oxygen atoms in total. The van der Waals surface area contributed by atoms with Gasteiger partial charge in [-0.2, -0.15) is 15.1 Å². The minimum atomic E-state index is -2.62. The van der Waals surface area contributed by atoms with E-state index in [9.17, 15) is 18.4 Å². The van der Waals surface area contributed by atoms with Crippen molar-refractivity contribution in [1.29, 1.82) is 0 Å². The number of nitrogens with one attached hydrogen (secondary N) is 1. The van der Waals surface area contributed by atoms with E-state index >= 15 is 0 Å². The number of hydrogen-bond donors (Lipinski definition) is 1. The quantitative estimate of drug-likeness (QED) is 0.638. The highest BCUT2D eigenvalue weighted by molar-refractivity contribution is 5.82. The predicted octanol–water partition coefficient (Wildman–Crippen LogP) is 3.41. The number of halogens is 2. The largest absolute Gasteiger partial charge is 0.470 e. The second-order valence-corrected chi connectivity index (χ2v) is 10.1. The molecule has 3 heterocycles. The van der Waals surface area contributed by atoms with E-state index in [2.05, 4.69) is 20.4 Å². The van der Waals surface area contributed by atoms with Crippen LogP contribution >= 0.6 is 0 Å². The zero-order valence-corrected chi connectivity index (χ0v) is 19.8. The highest BCUT2D eigenvalue weighted by Crippen LogP contribution is 2.34. The molecule has 34 heavy (non-hydrogen) atoms. The van der Waals surface area contributed by atoms with Gasteiger partial charge in [0.05, 0.1) is 13.1 Å². The van der Waals surface area contributed by atoms with Gasteiger partial charge in [-0.05, 0) is 25.3 Å². The van der Waals surface area contributed by atoms with E-state index in [4.69, 9.17) is 4.74 Å². The number of aldehydes is 1. The van der Waals surface area contributed by atoms with E-state index in [-0.39, 0.29) is 48.4 Å². The van der Waals surface area contributed by atoms with Crippen molar-refractivity contribution < 1.29 is 23.1 Å². The molecule has 1 amide bonds. The first-order chi connectivity index (χ1) is 15.9. The molecule has 1 N–H and O–H groups in total. The number of likely N-dealkylation sites (tertiary alicyclic amines) is 1.